The van der Waals surface area contributed by atoms with E-state index in [-0.39, 0.29) is 0 Å². The molecule has 0 aliphatic rings. The number of hydrogen-bond acceptors (Lipinski definition) is 4. The van der Waals surface area contributed by atoms with Crippen molar-refractivity contribution in [1.82, 2.24) is 0 Å². The van der Waals surface area contributed by atoms with Crippen LogP contribution >= 0.6 is 11.6 Å². The summed E-state index contributed by atoms with van der Waals surface area (Å²) in [7, 11) is 3.98. The van der Waals surface area contributed by atoms with Crippen molar-refractivity contribution in [2.24, 2.45) is 10.2 Å². The Kier molecular flexibility index (Phi) is 4.02. The summed E-state index contributed by atoms with van der Waals surface area (Å²) in [6.45, 7) is 0. The molecule has 98 valence electrons. The molecule has 0 atom stereocenters. The maximum absolute atomic E-state index is 6.02. The third-order valence-corrected chi connectivity index (χ3v) is 2.91. The molecule has 0 fully saturated rings. The summed E-state index contributed by atoms with van der Waals surface area (Å²) in [5, 5.41) is 8.76. The number of nitrogen functional groups attached to an aromatic ring is 1. The number of benzene rings is 2. The summed E-state index contributed by atoms with van der Waals surface area (Å²) in [4.78, 5) is 2.03. The molecule has 5 heteroatoms. The van der Waals surface area contributed by atoms with Crippen LogP contribution in [0.25, 0.3) is 0 Å². The van der Waals surface area contributed by atoms with Crippen LogP contribution in [-0.4, -0.2) is 14.1 Å². The molecule has 2 aromatic carbocycles. The quantitative estimate of drug-likeness (QED) is 0.666. The highest BCUT2D eigenvalue weighted by molar-refractivity contribution is 6.33. The fourth-order valence-corrected chi connectivity index (χ4v) is 1.76. The molecule has 0 saturated heterocycles. The highest BCUT2D eigenvalue weighted by Crippen LogP contribution is 2.28. The summed E-state index contributed by atoms with van der Waals surface area (Å²) < 4.78 is 0. The molecule has 0 aliphatic heterocycles. The van der Waals surface area contributed by atoms with Gasteiger partial charge in [0.15, 0.2) is 0 Å². The average molecular weight is 275 g/mol. The lowest BCUT2D eigenvalue weighted by atomic mass is 10.3. The van der Waals surface area contributed by atoms with E-state index in [2.05, 4.69) is 10.2 Å². The van der Waals surface area contributed by atoms with Crippen molar-refractivity contribution >= 4 is 34.4 Å². The van der Waals surface area contributed by atoms with Gasteiger partial charge in [0.1, 0.15) is 5.69 Å². The Morgan fingerprint density at radius 1 is 1.00 bits per heavy atom. The van der Waals surface area contributed by atoms with E-state index >= 15 is 0 Å². The van der Waals surface area contributed by atoms with Crippen LogP contribution in [0.2, 0.25) is 5.02 Å². The molecule has 0 radical (unpaired) electrons. The highest BCUT2D eigenvalue weighted by Gasteiger charge is 1.99. The number of nitrogens with two attached hydrogens (primary N) is 1. The van der Waals surface area contributed by atoms with Gasteiger partial charge < -0.3 is 10.6 Å². The molecule has 0 unspecified atom stereocenters. The summed E-state index contributed by atoms with van der Waals surface area (Å²) >= 11 is 6.02. The van der Waals surface area contributed by atoms with Gasteiger partial charge in [-0.25, -0.2) is 0 Å². The fraction of sp³-hybridized carbons (Fsp3) is 0.143. The third-order valence-electron chi connectivity index (χ3n) is 2.61. The van der Waals surface area contributed by atoms with Crippen molar-refractivity contribution in [3.63, 3.8) is 0 Å². The van der Waals surface area contributed by atoms with E-state index in [0.29, 0.717) is 16.4 Å². The first-order valence-electron chi connectivity index (χ1n) is 5.80. The molecule has 0 spiro atoms. The first kappa shape index (κ1) is 13.4. The van der Waals surface area contributed by atoms with Gasteiger partial charge >= 0.3 is 0 Å². The molecule has 0 aromatic heterocycles. The molecule has 4 nitrogen and oxygen atoms in total. The molecule has 0 aliphatic carbocycles. The standard InChI is InChI=1S/C14H15ClN4/c1-19(2)12-6-4-11(5-7-12)17-18-14-8-3-10(16)9-13(14)15/h3-9H,16H2,1-2H3/b18-17+. The zero-order chi connectivity index (χ0) is 13.8. The lowest BCUT2D eigenvalue weighted by Crippen LogP contribution is -2.07. The monoisotopic (exact) mass is 274 g/mol. The summed E-state index contributed by atoms with van der Waals surface area (Å²) in [5.41, 5.74) is 8.72. The van der Waals surface area contributed by atoms with E-state index in [1.54, 1.807) is 18.2 Å². The van der Waals surface area contributed by atoms with Crippen molar-refractivity contribution < 1.29 is 0 Å². The predicted octanol–water partition coefficient (Wildman–Crippen LogP) is 4.40. The molecule has 2 rings (SSSR count). The molecule has 0 bridgehead atoms. The lowest BCUT2D eigenvalue weighted by molar-refractivity contribution is 1.13. The molecule has 0 heterocycles. The summed E-state index contributed by atoms with van der Waals surface area (Å²) in [6.07, 6.45) is 0. The van der Waals surface area contributed by atoms with E-state index < -0.39 is 0 Å². The zero-order valence-corrected chi connectivity index (χ0v) is 11.6. The molecular formula is C14H15ClN4. The summed E-state index contributed by atoms with van der Waals surface area (Å²) in [5.74, 6) is 0. The zero-order valence-electron chi connectivity index (χ0n) is 10.8. The number of rotatable bonds is 3. The number of anilines is 2. The van der Waals surface area contributed by atoms with Crippen LogP contribution in [0, 0.1) is 0 Å². The lowest BCUT2D eigenvalue weighted by Gasteiger charge is -2.11. The number of nitrogens with zero attached hydrogens (tertiary/aromatic N) is 3. The second-order valence-corrected chi connectivity index (χ2v) is 4.73. The third kappa shape index (κ3) is 3.45. The predicted molar refractivity (Wildman–Crippen MR) is 80.8 cm³/mol. The van der Waals surface area contributed by atoms with Gasteiger partial charge in [0, 0.05) is 25.5 Å². The van der Waals surface area contributed by atoms with Gasteiger partial charge in [-0.2, -0.15) is 5.11 Å². The Morgan fingerprint density at radius 3 is 2.26 bits per heavy atom. The maximum Gasteiger partial charge on any atom is 0.104 e. The van der Waals surface area contributed by atoms with Crippen molar-refractivity contribution in [2.75, 3.05) is 24.7 Å². The van der Waals surface area contributed by atoms with Crippen LogP contribution in [0.15, 0.2) is 52.7 Å². The van der Waals surface area contributed by atoms with E-state index in [4.69, 9.17) is 17.3 Å². The second-order valence-electron chi connectivity index (χ2n) is 4.32. The minimum atomic E-state index is 0.494. The van der Waals surface area contributed by atoms with Crippen LogP contribution in [-0.2, 0) is 0 Å². The van der Waals surface area contributed by atoms with Crippen LogP contribution in [0.1, 0.15) is 0 Å². The van der Waals surface area contributed by atoms with Crippen molar-refractivity contribution in [1.29, 1.82) is 0 Å². The first-order valence-corrected chi connectivity index (χ1v) is 6.18. The second kappa shape index (κ2) is 5.71. The SMILES string of the molecule is CN(C)c1ccc(/N=N/c2ccc(N)cc2Cl)cc1. The number of hydrogen-bond donors (Lipinski definition) is 1. The van der Waals surface area contributed by atoms with Crippen molar-refractivity contribution in [3.05, 3.63) is 47.5 Å². The van der Waals surface area contributed by atoms with Gasteiger partial charge in [0.05, 0.1) is 10.7 Å². The molecule has 2 aromatic rings. The summed E-state index contributed by atoms with van der Waals surface area (Å²) in [6, 6.07) is 12.9. The Labute approximate surface area is 117 Å². The van der Waals surface area contributed by atoms with E-state index in [9.17, 15) is 0 Å². The van der Waals surface area contributed by atoms with Crippen LogP contribution in [0.4, 0.5) is 22.7 Å². The van der Waals surface area contributed by atoms with Crippen molar-refractivity contribution in [2.45, 2.75) is 0 Å². The van der Waals surface area contributed by atoms with Gasteiger partial charge in [-0.05, 0) is 42.5 Å². The Hall–Kier alpha value is -2.07. The van der Waals surface area contributed by atoms with Gasteiger partial charge in [0.25, 0.3) is 0 Å². The minimum absolute atomic E-state index is 0.494. The average Bonchev–Trinajstić information content (AvgIpc) is 2.38. The molecule has 2 N–H and O–H groups in total. The Balaban J connectivity index is 2.18. The Bertz CT molecular complexity index is 591. The topological polar surface area (TPSA) is 54.0 Å². The largest absolute Gasteiger partial charge is 0.399 e. The van der Waals surface area contributed by atoms with Crippen LogP contribution in [0.3, 0.4) is 0 Å². The van der Waals surface area contributed by atoms with Gasteiger partial charge in [-0.1, -0.05) is 11.6 Å². The van der Waals surface area contributed by atoms with Crippen LogP contribution < -0.4 is 10.6 Å². The van der Waals surface area contributed by atoms with Crippen LogP contribution in [0.5, 0.6) is 0 Å². The maximum atomic E-state index is 6.02. The first-order chi connectivity index (χ1) is 9.06. The molecule has 0 saturated carbocycles. The van der Waals surface area contributed by atoms with Crippen molar-refractivity contribution in [3.8, 4) is 0 Å². The molecular weight excluding hydrogens is 260 g/mol. The van der Waals surface area contributed by atoms with Gasteiger partial charge in [0.2, 0.25) is 0 Å². The normalized spacial score (nSPS) is 10.9. The fourth-order valence-electron chi connectivity index (χ4n) is 1.53. The van der Waals surface area contributed by atoms with E-state index in [1.165, 1.54) is 0 Å². The van der Waals surface area contributed by atoms with Gasteiger partial charge in [-0.3, -0.25) is 0 Å². The minimum Gasteiger partial charge on any atom is -0.399 e. The smallest absolute Gasteiger partial charge is 0.104 e. The van der Waals surface area contributed by atoms with E-state index in [0.717, 1.165) is 11.4 Å². The number of halogens is 1. The molecule has 0 amide bonds. The Morgan fingerprint density at radius 2 is 1.68 bits per heavy atom. The van der Waals surface area contributed by atoms with E-state index in [1.807, 2.05) is 43.3 Å². The molecule has 19 heavy (non-hydrogen) atoms. The van der Waals surface area contributed by atoms with Gasteiger partial charge in [-0.15, -0.1) is 5.11 Å². The highest BCUT2D eigenvalue weighted by atomic mass is 35.5. The number of azo groups is 1.